The summed E-state index contributed by atoms with van der Waals surface area (Å²) in [6, 6.07) is 6.63. The number of benzene rings is 2. The van der Waals surface area contributed by atoms with Crippen LogP contribution in [0.15, 0.2) is 47.4 Å². The summed E-state index contributed by atoms with van der Waals surface area (Å²) >= 11 is 0. The van der Waals surface area contributed by atoms with E-state index < -0.39 is 45.4 Å². The number of halogens is 4. The largest absolute Gasteiger partial charge is 0.489 e. The topological polar surface area (TPSA) is 87.2 Å². The van der Waals surface area contributed by atoms with Gasteiger partial charge in [0.1, 0.15) is 23.7 Å². The molecule has 1 amide bonds. The number of hydrogen-bond donors (Lipinski definition) is 1. The zero-order chi connectivity index (χ0) is 24.1. The smallest absolute Gasteiger partial charge is 0.412 e. The average molecular weight is 476 g/mol. The van der Waals surface area contributed by atoms with E-state index in [0.717, 1.165) is 40.7 Å². The van der Waals surface area contributed by atoms with Gasteiger partial charge in [-0.2, -0.15) is 13.2 Å². The van der Waals surface area contributed by atoms with E-state index in [1.54, 1.807) is 0 Å². The number of sulfonamides is 1. The maximum atomic E-state index is 13.6. The summed E-state index contributed by atoms with van der Waals surface area (Å²) in [6.07, 6.45) is -6.78. The van der Waals surface area contributed by atoms with E-state index >= 15 is 0 Å². The molecule has 1 heterocycles. The van der Waals surface area contributed by atoms with E-state index in [9.17, 15) is 35.9 Å². The van der Waals surface area contributed by atoms with Crippen molar-refractivity contribution in [1.29, 1.82) is 0 Å². The van der Waals surface area contributed by atoms with Crippen LogP contribution >= 0.6 is 0 Å². The molecule has 0 aliphatic carbocycles. The fourth-order valence-corrected chi connectivity index (χ4v) is 4.98. The zero-order valence-electron chi connectivity index (χ0n) is 17.2. The van der Waals surface area contributed by atoms with Crippen LogP contribution in [0.5, 0.6) is 5.75 Å². The Morgan fingerprint density at radius 1 is 1.16 bits per heavy atom. The molecule has 1 atom stereocenters. The van der Waals surface area contributed by atoms with Gasteiger partial charge in [-0.15, -0.1) is 0 Å². The molecule has 12 heteroatoms. The van der Waals surface area contributed by atoms with Gasteiger partial charge in [-0.1, -0.05) is 0 Å². The molecule has 0 aromatic heterocycles. The first-order valence-corrected chi connectivity index (χ1v) is 10.8. The second-order valence-corrected chi connectivity index (χ2v) is 9.56. The molecule has 0 saturated heterocycles. The second kappa shape index (κ2) is 7.84. The molecule has 1 aliphatic rings. The molecule has 1 N–H and O–H groups in total. The highest BCUT2D eigenvalue weighted by atomic mass is 32.2. The second-order valence-electron chi connectivity index (χ2n) is 7.74. The summed E-state index contributed by atoms with van der Waals surface area (Å²) < 4.78 is 87.0. The Labute approximate surface area is 181 Å². The number of hydrogen-bond acceptors (Lipinski definition) is 4. The van der Waals surface area contributed by atoms with Gasteiger partial charge in [-0.3, -0.25) is 9.21 Å². The zero-order valence-corrected chi connectivity index (χ0v) is 18.0. The number of ether oxygens (including phenoxy) is 1. The Balaban J connectivity index is 2.18. The van der Waals surface area contributed by atoms with E-state index in [1.165, 1.54) is 13.0 Å². The number of alkyl halides is 3. The average Bonchev–Trinajstić information content (AvgIpc) is 2.66. The van der Waals surface area contributed by atoms with Crippen molar-refractivity contribution in [2.45, 2.75) is 43.4 Å². The van der Waals surface area contributed by atoms with Crippen LogP contribution in [0.1, 0.15) is 20.8 Å². The fourth-order valence-electron chi connectivity index (χ4n) is 3.34. The lowest BCUT2D eigenvalue weighted by Crippen LogP contribution is -2.57. The molecule has 0 radical (unpaired) electrons. The van der Waals surface area contributed by atoms with Crippen LogP contribution < -0.4 is 13.9 Å². The van der Waals surface area contributed by atoms with Gasteiger partial charge in [-0.25, -0.2) is 17.6 Å². The van der Waals surface area contributed by atoms with Crippen LogP contribution in [0.2, 0.25) is 0 Å². The minimum atomic E-state index is -4.91. The first-order valence-electron chi connectivity index (χ1n) is 9.34. The molecule has 0 fully saturated rings. The Morgan fingerprint density at radius 3 is 2.28 bits per heavy atom. The summed E-state index contributed by atoms with van der Waals surface area (Å²) in [5, 5.41) is 9.54. The Morgan fingerprint density at radius 2 is 1.75 bits per heavy atom. The summed E-state index contributed by atoms with van der Waals surface area (Å²) in [7, 11) is -4.27. The molecule has 1 aliphatic heterocycles. The van der Waals surface area contributed by atoms with E-state index in [0.29, 0.717) is 13.8 Å². The predicted molar refractivity (Wildman–Crippen MR) is 108 cm³/mol. The van der Waals surface area contributed by atoms with Crippen molar-refractivity contribution >= 4 is 27.5 Å². The molecule has 0 unspecified atom stereocenters. The summed E-state index contributed by atoms with van der Waals surface area (Å²) in [5.74, 6) is -0.596. The highest BCUT2D eigenvalue weighted by Gasteiger charge is 2.54. The first kappa shape index (κ1) is 23.6. The van der Waals surface area contributed by atoms with Crippen molar-refractivity contribution in [3.63, 3.8) is 0 Å². The molecule has 174 valence electrons. The van der Waals surface area contributed by atoms with Gasteiger partial charge in [-0.05, 0) is 63.2 Å². The van der Waals surface area contributed by atoms with Crippen molar-refractivity contribution in [3.05, 3.63) is 48.3 Å². The molecule has 2 aromatic carbocycles. The Bertz CT molecular complexity index is 1130. The van der Waals surface area contributed by atoms with E-state index in [-0.39, 0.29) is 27.8 Å². The standard InChI is InChI=1S/C20H20F4N2O5S/c1-12-11-31-17-9-6-14(25(18(27)28)19(2,3)20(22,23)24)10-16(17)26(12)32(29,30)15-7-4-13(21)5-8-15/h4-10,12H,11H2,1-3H3,(H,27,28)/t12-/m1/s1. The monoisotopic (exact) mass is 476 g/mol. The number of carboxylic acid groups (broad SMARTS) is 1. The SMILES string of the molecule is C[C@@H]1COc2ccc(N(C(=O)O)C(C)(C)C(F)(F)F)cc2N1S(=O)(=O)c1ccc(F)cc1. The van der Waals surface area contributed by atoms with Gasteiger partial charge < -0.3 is 9.84 Å². The Kier molecular flexibility index (Phi) is 5.79. The third-order valence-corrected chi connectivity index (χ3v) is 7.08. The number of fused-ring (bicyclic) bond motifs is 1. The number of amides is 1. The minimum absolute atomic E-state index is 0.0488. The molecule has 7 nitrogen and oxygen atoms in total. The lowest BCUT2D eigenvalue weighted by Gasteiger charge is -2.40. The molecular formula is C20H20F4N2O5S. The van der Waals surface area contributed by atoms with Crippen LogP contribution in [0.25, 0.3) is 0 Å². The van der Waals surface area contributed by atoms with Gasteiger partial charge >= 0.3 is 12.3 Å². The predicted octanol–water partition coefficient (Wildman–Crippen LogP) is 4.63. The molecule has 3 rings (SSSR count). The van der Waals surface area contributed by atoms with Crippen molar-refractivity contribution < 1.29 is 40.6 Å². The van der Waals surface area contributed by atoms with Crippen molar-refractivity contribution in [1.82, 2.24) is 0 Å². The van der Waals surface area contributed by atoms with Gasteiger partial charge in [0.2, 0.25) is 0 Å². The number of nitrogens with zero attached hydrogens (tertiary/aromatic N) is 2. The van der Waals surface area contributed by atoms with Crippen molar-refractivity contribution in [2.75, 3.05) is 15.8 Å². The Hall–Kier alpha value is -3.02. The van der Waals surface area contributed by atoms with Gasteiger partial charge in [0, 0.05) is 0 Å². The third kappa shape index (κ3) is 3.94. The number of rotatable bonds is 4. The molecule has 32 heavy (non-hydrogen) atoms. The van der Waals surface area contributed by atoms with Crippen LogP contribution in [-0.2, 0) is 10.0 Å². The summed E-state index contributed by atoms with van der Waals surface area (Å²) in [4.78, 5) is 11.7. The lowest BCUT2D eigenvalue weighted by molar-refractivity contribution is -0.175. The first-order chi connectivity index (χ1) is 14.7. The van der Waals surface area contributed by atoms with E-state index in [2.05, 4.69) is 0 Å². The summed E-state index contributed by atoms with van der Waals surface area (Å²) in [5.41, 5.74) is -3.33. The van der Waals surface area contributed by atoms with E-state index in [1.807, 2.05) is 0 Å². The normalized spacial score (nSPS) is 16.8. The van der Waals surface area contributed by atoms with Gasteiger partial charge in [0.05, 0.1) is 22.3 Å². The highest BCUT2D eigenvalue weighted by Crippen LogP contribution is 2.43. The molecular weight excluding hydrogens is 456 g/mol. The molecule has 0 saturated carbocycles. The van der Waals surface area contributed by atoms with Crippen LogP contribution in [0.4, 0.5) is 33.7 Å². The number of anilines is 2. The maximum absolute atomic E-state index is 13.6. The van der Waals surface area contributed by atoms with Crippen LogP contribution in [-0.4, -0.2) is 44.0 Å². The lowest BCUT2D eigenvalue weighted by atomic mass is 10.0. The van der Waals surface area contributed by atoms with E-state index in [4.69, 9.17) is 4.74 Å². The summed E-state index contributed by atoms with van der Waals surface area (Å²) in [6.45, 7) is 2.87. The van der Waals surface area contributed by atoms with Crippen molar-refractivity contribution in [3.8, 4) is 5.75 Å². The molecule has 0 bridgehead atoms. The van der Waals surface area contributed by atoms with Crippen molar-refractivity contribution in [2.24, 2.45) is 0 Å². The maximum Gasteiger partial charge on any atom is 0.412 e. The van der Waals surface area contributed by atoms with Crippen LogP contribution in [0.3, 0.4) is 0 Å². The number of carbonyl (C=O) groups is 1. The quantitative estimate of drug-likeness (QED) is 0.651. The fraction of sp³-hybridized carbons (Fsp3) is 0.350. The molecule has 2 aromatic rings. The molecule has 0 spiro atoms. The van der Waals surface area contributed by atoms with Gasteiger partial charge in [0.15, 0.2) is 0 Å². The van der Waals surface area contributed by atoms with Crippen LogP contribution in [0, 0.1) is 5.82 Å². The highest BCUT2D eigenvalue weighted by molar-refractivity contribution is 7.92. The minimum Gasteiger partial charge on any atom is -0.489 e. The third-order valence-electron chi connectivity index (χ3n) is 5.13. The van der Waals surface area contributed by atoms with Gasteiger partial charge in [0.25, 0.3) is 10.0 Å².